The lowest BCUT2D eigenvalue weighted by atomic mass is 9.85. The summed E-state index contributed by atoms with van der Waals surface area (Å²) in [6.45, 7) is 5.91. The standard InChI is InChI=1S/C11H15IO/c1-8(2)11(3,13)9-4-6-10(12)7-5-9/h4-8,13H,1-3H3/t11-/m1/s1. The molecule has 0 aliphatic rings. The molecule has 2 heteroatoms. The second-order valence-electron chi connectivity index (χ2n) is 3.81. The van der Waals surface area contributed by atoms with Crippen molar-refractivity contribution in [2.45, 2.75) is 26.4 Å². The van der Waals surface area contributed by atoms with Crippen molar-refractivity contribution in [1.82, 2.24) is 0 Å². The van der Waals surface area contributed by atoms with Crippen LogP contribution in [0.5, 0.6) is 0 Å². The quantitative estimate of drug-likeness (QED) is 0.830. The van der Waals surface area contributed by atoms with Crippen LogP contribution in [0, 0.1) is 9.49 Å². The van der Waals surface area contributed by atoms with Gasteiger partial charge in [-0.25, -0.2) is 0 Å². The summed E-state index contributed by atoms with van der Waals surface area (Å²) < 4.78 is 1.20. The van der Waals surface area contributed by atoms with E-state index in [1.807, 2.05) is 45.0 Å². The minimum atomic E-state index is -0.718. The molecule has 0 aliphatic carbocycles. The molecule has 0 amide bonds. The minimum absolute atomic E-state index is 0.229. The fraction of sp³-hybridized carbons (Fsp3) is 0.455. The number of hydrogen-bond acceptors (Lipinski definition) is 1. The zero-order valence-electron chi connectivity index (χ0n) is 8.21. The Morgan fingerprint density at radius 3 is 2.08 bits per heavy atom. The summed E-state index contributed by atoms with van der Waals surface area (Å²) in [7, 11) is 0. The summed E-state index contributed by atoms with van der Waals surface area (Å²) in [4.78, 5) is 0. The van der Waals surface area contributed by atoms with Crippen molar-refractivity contribution in [3.63, 3.8) is 0 Å². The molecule has 72 valence electrons. The highest BCUT2D eigenvalue weighted by Crippen LogP contribution is 2.28. The Bertz CT molecular complexity index is 275. The van der Waals surface area contributed by atoms with Crippen LogP contribution in [-0.4, -0.2) is 5.11 Å². The number of benzene rings is 1. The van der Waals surface area contributed by atoms with Gasteiger partial charge in [0.1, 0.15) is 0 Å². The third-order valence-corrected chi connectivity index (χ3v) is 3.27. The topological polar surface area (TPSA) is 20.2 Å². The molecule has 0 radical (unpaired) electrons. The van der Waals surface area contributed by atoms with E-state index in [9.17, 15) is 5.11 Å². The molecule has 0 unspecified atom stereocenters. The fourth-order valence-electron chi connectivity index (χ4n) is 1.12. The van der Waals surface area contributed by atoms with Crippen LogP contribution < -0.4 is 0 Å². The van der Waals surface area contributed by atoms with E-state index >= 15 is 0 Å². The van der Waals surface area contributed by atoms with Gasteiger partial charge in [-0.2, -0.15) is 0 Å². The van der Waals surface area contributed by atoms with Gasteiger partial charge in [0.25, 0.3) is 0 Å². The van der Waals surface area contributed by atoms with Crippen LogP contribution in [-0.2, 0) is 5.60 Å². The SMILES string of the molecule is CC(C)[C@@](C)(O)c1ccc(I)cc1. The first-order chi connectivity index (χ1) is 5.94. The molecular formula is C11H15IO. The molecule has 13 heavy (non-hydrogen) atoms. The molecular weight excluding hydrogens is 275 g/mol. The van der Waals surface area contributed by atoms with Gasteiger partial charge >= 0.3 is 0 Å². The smallest absolute Gasteiger partial charge is 0.0891 e. The molecule has 1 rings (SSSR count). The first kappa shape index (κ1) is 11.0. The highest BCUT2D eigenvalue weighted by molar-refractivity contribution is 14.1. The van der Waals surface area contributed by atoms with Crippen molar-refractivity contribution in [2.75, 3.05) is 0 Å². The van der Waals surface area contributed by atoms with Crippen LogP contribution in [0.3, 0.4) is 0 Å². The van der Waals surface area contributed by atoms with Crippen LogP contribution in [0.2, 0.25) is 0 Å². The number of rotatable bonds is 2. The number of aliphatic hydroxyl groups is 1. The van der Waals surface area contributed by atoms with Gasteiger partial charge in [0.2, 0.25) is 0 Å². The van der Waals surface area contributed by atoms with Crippen LogP contribution in [0.4, 0.5) is 0 Å². The average molecular weight is 290 g/mol. The Hall–Kier alpha value is -0.0900. The molecule has 0 saturated heterocycles. The summed E-state index contributed by atoms with van der Waals surface area (Å²) in [6, 6.07) is 8.02. The molecule has 0 bridgehead atoms. The van der Waals surface area contributed by atoms with Gasteiger partial charge < -0.3 is 5.11 Å². The van der Waals surface area contributed by atoms with Crippen molar-refractivity contribution in [3.8, 4) is 0 Å². The Morgan fingerprint density at radius 1 is 1.23 bits per heavy atom. The maximum atomic E-state index is 10.2. The van der Waals surface area contributed by atoms with Gasteiger partial charge in [0.15, 0.2) is 0 Å². The van der Waals surface area contributed by atoms with Crippen LogP contribution >= 0.6 is 22.6 Å². The van der Waals surface area contributed by atoms with Crippen molar-refractivity contribution in [1.29, 1.82) is 0 Å². The van der Waals surface area contributed by atoms with Gasteiger partial charge in [0, 0.05) is 3.57 Å². The van der Waals surface area contributed by atoms with Crippen molar-refractivity contribution in [2.24, 2.45) is 5.92 Å². The summed E-state index contributed by atoms with van der Waals surface area (Å²) >= 11 is 2.26. The van der Waals surface area contributed by atoms with E-state index in [2.05, 4.69) is 22.6 Å². The zero-order valence-corrected chi connectivity index (χ0v) is 10.4. The Morgan fingerprint density at radius 2 is 1.69 bits per heavy atom. The summed E-state index contributed by atoms with van der Waals surface area (Å²) in [5, 5.41) is 10.2. The lowest BCUT2D eigenvalue weighted by Crippen LogP contribution is -2.27. The second kappa shape index (κ2) is 3.96. The average Bonchev–Trinajstić information content (AvgIpc) is 2.04. The number of hydrogen-bond donors (Lipinski definition) is 1. The third kappa shape index (κ3) is 2.44. The molecule has 1 nitrogen and oxygen atoms in total. The van der Waals surface area contributed by atoms with Crippen LogP contribution in [0.25, 0.3) is 0 Å². The zero-order chi connectivity index (χ0) is 10.1. The van der Waals surface area contributed by atoms with E-state index < -0.39 is 5.60 Å². The molecule has 0 saturated carbocycles. The van der Waals surface area contributed by atoms with Crippen molar-refractivity contribution < 1.29 is 5.11 Å². The number of halogens is 1. The molecule has 1 atom stereocenters. The van der Waals surface area contributed by atoms with E-state index in [0.29, 0.717) is 0 Å². The maximum absolute atomic E-state index is 10.2. The van der Waals surface area contributed by atoms with E-state index in [1.165, 1.54) is 3.57 Å². The normalized spacial score (nSPS) is 15.8. The minimum Gasteiger partial charge on any atom is -0.385 e. The molecule has 1 N–H and O–H groups in total. The molecule has 1 aromatic rings. The van der Waals surface area contributed by atoms with Crippen LogP contribution in [0.15, 0.2) is 24.3 Å². The van der Waals surface area contributed by atoms with Gasteiger partial charge in [-0.1, -0.05) is 26.0 Å². The maximum Gasteiger partial charge on any atom is 0.0891 e. The lowest BCUT2D eigenvalue weighted by molar-refractivity contribution is 0.00904. The fourth-order valence-corrected chi connectivity index (χ4v) is 1.48. The largest absolute Gasteiger partial charge is 0.385 e. The van der Waals surface area contributed by atoms with Gasteiger partial charge in [-0.05, 0) is 53.1 Å². The van der Waals surface area contributed by atoms with Gasteiger partial charge in [-0.15, -0.1) is 0 Å². The molecule has 0 fully saturated rings. The predicted molar refractivity (Wildman–Crippen MR) is 63.6 cm³/mol. The Kier molecular flexibility index (Phi) is 3.35. The Balaban J connectivity index is 3.01. The molecule has 0 spiro atoms. The van der Waals surface area contributed by atoms with Crippen LogP contribution in [0.1, 0.15) is 26.3 Å². The molecule has 0 aromatic heterocycles. The van der Waals surface area contributed by atoms with E-state index in [4.69, 9.17) is 0 Å². The summed E-state index contributed by atoms with van der Waals surface area (Å²) in [6.07, 6.45) is 0. The molecule has 0 heterocycles. The molecule has 0 aliphatic heterocycles. The molecule has 1 aromatic carbocycles. The summed E-state index contributed by atoms with van der Waals surface area (Å²) in [5.74, 6) is 0.229. The highest BCUT2D eigenvalue weighted by atomic mass is 127. The summed E-state index contributed by atoms with van der Waals surface area (Å²) in [5.41, 5.74) is 0.271. The van der Waals surface area contributed by atoms with Crippen molar-refractivity contribution in [3.05, 3.63) is 33.4 Å². The van der Waals surface area contributed by atoms with Gasteiger partial charge in [-0.3, -0.25) is 0 Å². The lowest BCUT2D eigenvalue weighted by Gasteiger charge is -2.28. The van der Waals surface area contributed by atoms with Crippen molar-refractivity contribution >= 4 is 22.6 Å². The Labute approximate surface area is 93.3 Å². The van der Waals surface area contributed by atoms with Gasteiger partial charge in [0.05, 0.1) is 5.60 Å². The monoisotopic (exact) mass is 290 g/mol. The second-order valence-corrected chi connectivity index (χ2v) is 5.05. The highest BCUT2D eigenvalue weighted by Gasteiger charge is 2.26. The van der Waals surface area contributed by atoms with E-state index in [0.717, 1.165) is 5.56 Å². The van der Waals surface area contributed by atoms with E-state index in [1.54, 1.807) is 0 Å². The third-order valence-electron chi connectivity index (χ3n) is 2.55. The first-order valence-corrected chi connectivity index (χ1v) is 5.51. The predicted octanol–water partition coefficient (Wildman–Crippen LogP) is 3.15. The van der Waals surface area contributed by atoms with E-state index in [-0.39, 0.29) is 5.92 Å². The first-order valence-electron chi connectivity index (χ1n) is 4.43.